The number of unbranched alkanes of at least 4 members (excludes halogenated alkanes) is 2. The third-order valence-corrected chi connectivity index (χ3v) is 14.8. The van der Waals surface area contributed by atoms with E-state index in [-0.39, 0.29) is 32.4 Å². The quantitative estimate of drug-likeness (QED) is 0.0250. The van der Waals surface area contributed by atoms with Gasteiger partial charge in [0.15, 0.2) is 93.1 Å². The number of benzene rings is 4. The van der Waals surface area contributed by atoms with Gasteiger partial charge in [-0.15, -0.1) is 0 Å². The maximum absolute atomic E-state index is 16.9. The summed E-state index contributed by atoms with van der Waals surface area (Å²) in [4.78, 5) is 12.8. The Hall–Kier alpha value is -7.94. The van der Waals surface area contributed by atoms with Crippen LogP contribution in [-0.2, 0) is 13.6 Å². The van der Waals surface area contributed by atoms with Gasteiger partial charge in [-0.2, -0.15) is 0 Å². The van der Waals surface area contributed by atoms with Gasteiger partial charge in [0.25, 0.3) is 0 Å². The van der Waals surface area contributed by atoms with E-state index in [1.807, 2.05) is 0 Å². The summed E-state index contributed by atoms with van der Waals surface area (Å²) in [5.41, 5.74) is -21.1. The van der Waals surface area contributed by atoms with Crippen LogP contribution in [0.25, 0.3) is 90.9 Å². The van der Waals surface area contributed by atoms with E-state index in [0.717, 1.165) is 0 Å². The molecule has 0 aliphatic carbocycles. The molecular weight excluding hydrogens is 1180 g/mol. The fraction of sp³-hybridized carbons (Fsp3) is 0.200. The molecule has 0 spiro atoms. The highest BCUT2D eigenvalue weighted by Crippen LogP contribution is 2.48. The van der Waals surface area contributed by atoms with Crippen molar-refractivity contribution in [3.63, 3.8) is 0 Å². The first-order valence-corrected chi connectivity index (χ1v) is 26.2. The molecule has 442 valence electrons. The molecule has 4 N–H and O–H groups in total. The molecule has 0 fully saturated rings. The molecule has 3 aromatic heterocycles. The zero-order valence-corrected chi connectivity index (χ0v) is 44.0. The highest BCUT2D eigenvalue weighted by Gasteiger charge is 2.36. The molecule has 0 amide bonds. The Morgan fingerprint density at radius 2 is 0.619 bits per heavy atom. The molecule has 0 saturated carbocycles. The molecule has 9 nitrogen and oxygen atoms in total. The second-order valence-electron chi connectivity index (χ2n) is 19.0. The summed E-state index contributed by atoms with van der Waals surface area (Å²) in [6.45, 7) is 6.15. The van der Waals surface area contributed by atoms with Crippen LogP contribution < -0.4 is 10.4 Å². The van der Waals surface area contributed by atoms with Gasteiger partial charge >= 0.3 is 7.75 Å². The highest BCUT2D eigenvalue weighted by molar-refractivity contribution is 7.51. The van der Waals surface area contributed by atoms with Crippen LogP contribution in [0.1, 0.15) is 69.7 Å². The maximum Gasteiger partial charge on any atom is 0.406 e. The van der Waals surface area contributed by atoms with Gasteiger partial charge in [-0.1, -0.05) is 6.42 Å². The van der Waals surface area contributed by atoms with Gasteiger partial charge in [-0.3, -0.25) is 9.05 Å². The standard InChI is InChI=1S/C55H36F19N6O3P/c1-18(2)82-84(81,83-19(3)4)76-17-7-5-6-16-75-55-53(73)42(62)35(43(63)54(55)74)31-26-14-12-24(79-26)29(33-38(58)46(66)51(71)47(67)39(33)59)22-10-8-20(77-22)28(32-36(56)44(64)50(70)45(65)37(32)57)21-9-11-23(78-21)30(25-13-15-27(31)80-25)34-40(60)48(68)52(72)49(69)41(34)61/h8-15,18-19,75,77,80H,5-7,16-17H2,1-4H3,(H,76,81). The summed E-state index contributed by atoms with van der Waals surface area (Å²) in [5, 5.41) is 4.92. The molecule has 0 unspecified atom stereocenters. The van der Waals surface area contributed by atoms with E-state index in [1.165, 1.54) is 0 Å². The molecule has 0 saturated heterocycles. The highest BCUT2D eigenvalue weighted by atomic mass is 31.2. The first-order valence-electron chi connectivity index (χ1n) is 24.6. The summed E-state index contributed by atoms with van der Waals surface area (Å²) in [6, 6.07) is 2.72. The normalized spacial score (nSPS) is 12.5. The van der Waals surface area contributed by atoms with Crippen LogP contribution in [0.5, 0.6) is 0 Å². The topological polar surface area (TPSA) is 117 Å². The number of rotatable bonds is 16. The molecule has 0 radical (unpaired) electrons. The van der Waals surface area contributed by atoms with Gasteiger partial charge in [0.05, 0.1) is 57.2 Å². The number of halogens is 19. The summed E-state index contributed by atoms with van der Waals surface area (Å²) >= 11 is 0. The number of H-pyrrole nitrogens is 2. The number of anilines is 1. The zero-order valence-electron chi connectivity index (χ0n) is 43.1. The van der Waals surface area contributed by atoms with Crippen LogP contribution in [0, 0.1) is 111 Å². The van der Waals surface area contributed by atoms with Crippen molar-refractivity contribution in [2.24, 2.45) is 0 Å². The Bertz CT molecular complexity index is 4000. The van der Waals surface area contributed by atoms with Crippen molar-refractivity contribution in [2.45, 2.75) is 59.2 Å². The minimum atomic E-state index is -3.77. The number of hydrogen-bond donors (Lipinski definition) is 4. The second kappa shape index (κ2) is 23.3. The van der Waals surface area contributed by atoms with E-state index in [9.17, 15) is 17.7 Å². The van der Waals surface area contributed by atoms with Crippen LogP contribution in [0.4, 0.5) is 89.1 Å². The molecule has 4 aromatic carbocycles. The van der Waals surface area contributed by atoms with E-state index in [2.05, 4.69) is 30.3 Å². The fourth-order valence-electron chi connectivity index (χ4n) is 9.25. The van der Waals surface area contributed by atoms with Gasteiger partial charge in [0, 0.05) is 57.4 Å². The van der Waals surface area contributed by atoms with E-state index in [4.69, 9.17) is 9.05 Å². The van der Waals surface area contributed by atoms with Crippen LogP contribution in [0.15, 0.2) is 24.3 Å². The number of nitrogens with one attached hydrogen (secondary N) is 4. The lowest BCUT2D eigenvalue weighted by Gasteiger charge is -2.23. The Labute approximate surface area is 460 Å². The molecule has 5 heterocycles. The fourth-order valence-corrected chi connectivity index (χ4v) is 11.0. The molecule has 2 aliphatic rings. The Morgan fingerprint density at radius 3 is 0.893 bits per heavy atom. The summed E-state index contributed by atoms with van der Waals surface area (Å²) < 4.78 is 321. The van der Waals surface area contributed by atoms with Crippen LogP contribution in [-0.4, -0.2) is 45.2 Å². The lowest BCUT2D eigenvalue weighted by Crippen LogP contribution is -2.21. The van der Waals surface area contributed by atoms with Crippen LogP contribution in [0.3, 0.4) is 0 Å². The van der Waals surface area contributed by atoms with Crippen LogP contribution >= 0.6 is 7.75 Å². The van der Waals surface area contributed by atoms with Gasteiger partial charge in [-0.05, 0) is 89.1 Å². The molecular formula is C55H36F19N6O3P. The van der Waals surface area contributed by atoms with E-state index in [1.54, 1.807) is 27.7 Å². The molecule has 0 atom stereocenters. The maximum atomic E-state index is 16.9. The first kappa shape index (κ1) is 60.6. The number of aromatic nitrogens is 4. The smallest absolute Gasteiger partial charge is 0.380 e. The Kier molecular flexibility index (Phi) is 16.8. The van der Waals surface area contributed by atoms with E-state index in [0.29, 0.717) is 48.6 Å². The summed E-state index contributed by atoms with van der Waals surface area (Å²) in [7, 11) is -3.77. The van der Waals surface area contributed by atoms with Gasteiger partial charge in [0.1, 0.15) is 5.69 Å². The average Bonchev–Trinajstić information content (AvgIpc) is 1.85. The van der Waals surface area contributed by atoms with Crippen molar-refractivity contribution in [3.8, 4) is 44.5 Å². The predicted molar refractivity (Wildman–Crippen MR) is 270 cm³/mol. The third-order valence-electron chi connectivity index (χ3n) is 12.8. The van der Waals surface area contributed by atoms with E-state index < -0.39 is 226 Å². The largest absolute Gasteiger partial charge is 0.406 e. The van der Waals surface area contributed by atoms with Crippen molar-refractivity contribution in [1.82, 2.24) is 25.0 Å². The molecule has 8 bridgehead atoms. The average molecular weight is 1220 g/mol. The number of hydrogen-bond acceptors (Lipinski definition) is 6. The first-order chi connectivity index (χ1) is 39.6. The Morgan fingerprint density at radius 1 is 0.369 bits per heavy atom. The van der Waals surface area contributed by atoms with Crippen LogP contribution in [0.2, 0.25) is 0 Å². The number of nitrogens with zero attached hydrogens (tertiary/aromatic N) is 2. The molecule has 7 aromatic rings. The molecule has 9 rings (SSSR count). The van der Waals surface area contributed by atoms with Crippen molar-refractivity contribution >= 4 is 59.8 Å². The Balaban J connectivity index is 1.34. The molecule has 29 heteroatoms. The minimum absolute atomic E-state index is 0.0516. The van der Waals surface area contributed by atoms with Crippen molar-refractivity contribution < 1.29 is 97.0 Å². The SMILES string of the molecule is CC(C)OP(=O)(NCCCCCNc1c(F)c(F)c(-c2c3nc(c(-c4c(F)c(F)c(F)c(F)c4F)c4ccc([nH]4)c(-c4c(F)c(F)c(F)c(F)c4F)c4nc(c(-c5c(F)c(F)c(F)c(F)c5F)c5ccc2[nH]5)C=C4)C=C3)c(F)c1F)OC(C)C. The lowest BCUT2D eigenvalue weighted by molar-refractivity contribution is 0.135. The second-order valence-corrected chi connectivity index (χ2v) is 20.8. The third kappa shape index (κ3) is 10.6. The molecule has 84 heavy (non-hydrogen) atoms. The summed E-state index contributed by atoms with van der Waals surface area (Å²) in [6.07, 6.45) is 2.15. The van der Waals surface area contributed by atoms with Gasteiger partial charge in [-0.25, -0.2) is 103 Å². The van der Waals surface area contributed by atoms with Crippen molar-refractivity contribution in [1.29, 1.82) is 0 Å². The minimum Gasteiger partial charge on any atom is -0.380 e. The van der Waals surface area contributed by atoms with Gasteiger partial charge < -0.3 is 15.3 Å². The summed E-state index contributed by atoms with van der Waals surface area (Å²) in [5.74, 6) is -48.0. The number of fused-ring (bicyclic) bond motifs is 8. The van der Waals surface area contributed by atoms with E-state index >= 15 is 70.2 Å². The lowest BCUT2D eigenvalue weighted by atomic mass is 10.0. The van der Waals surface area contributed by atoms with Gasteiger partial charge in [0.2, 0.25) is 17.5 Å². The zero-order chi connectivity index (χ0) is 61.3. The predicted octanol–water partition coefficient (Wildman–Crippen LogP) is 17.1. The monoisotopic (exact) mass is 1220 g/mol. The van der Waals surface area contributed by atoms with Crippen molar-refractivity contribution in [3.05, 3.63) is 158 Å². The molecule has 2 aliphatic heterocycles. The van der Waals surface area contributed by atoms with Crippen molar-refractivity contribution in [2.75, 3.05) is 18.4 Å². The number of aromatic amines is 2.